The van der Waals surface area contributed by atoms with Crippen LogP contribution in [0.4, 0.5) is 5.69 Å². The Morgan fingerprint density at radius 2 is 1.54 bits per heavy atom. The van der Waals surface area contributed by atoms with Gasteiger partial charge in [-0.15, -0.1) is 0 Å². The Hall–Kier alpha value is -3.53. The molecule has 3 aromatic carbocycles. The molecule has 2 heterocycles. The monoisotopic (exact) mass is 465 g/mol. The Morgan fingerprint density at radius 1 is 0.857 bits per heavy atom. The summed E-state index contributed by atoms with van der Waals surface area (Å²) in [6, 6.07) is 20.8. The molecule has 1 N–H and O–H groups in total. The first-order valence-corrected chi connectivity index (χ1v) is 12.5. The summed E-state index contributed by atoms with van der Waals surface area (Å²) in [7, 11) is 0. The molecule has 4 nitrogen and oxygen atoms in total. The molecule has 0 radical (unpaired) electrons. The van der Waals surface area contributed by atoms with E-state index in [-0.39, 0.29) is 11.2 Å². The van der Waals surface area contributed by atoms with Gasteiger partial charge in [-0.05, 0) is 78.8 Å². The summed E-state index contributed by atoms with van der Waals surface area (Å²) < 4.78 is 2.14. The number of nitrogens with zero attached hydrogens (tertiary/aromatic N) is 3. The molecule has 35 heavy (non-hydrogen) atoms. The Bertz CT molecular complexity index is 1370. The number of rotatable bonds is 3. The number of fused-ring (bicyclic) bond motifs is 1. The van der Waals surface area contributed by atoms with Crippen LogP contribution in [0.2, 0.25) is 0 Å². The van der Waals surface area contributed by atoms with Crippen molar-refractivity contribution in [3.63, 3.8) is 0 Å². The lowest BCUT2D eigenvalue weighted by molar-refractivity contribution is 0.475. The molecule has 0 fully saturated rings. The van der Waals surface area contributed by atoms with Gasteiger partial charge in [-0.1, -0.05) is 51.1 Å². The fourth-order valence-corrected chi connectivity index (χ4v) is 5.21. The van der Waals surface area contributed by atoms with Gasteiger partial charge in [0, 0.05) is 36.3 Å². The molecule has 4 aromatic rings. The van der Waals surface area contributed by atoms with Gasteiger partial charge in [0.25, 0.3) is 0 Å². The molecule has 4 heteroatoms. The zero-order valence-electron chi connectivity index (χ0n) is 21.7. The van der Waals surface area contributed by atoms with E-state index < -0.39 is 0 Å². The van der Waals surface area contributed by atoms with Crippen LogP contribution in [-0.4, -0.2) is 21.4 Å². The largest absolute Gasteiger partial charge is 0.508 e. The topological polar surface area (TPSA) is 41.3 Å². The summed E-state index contributed by atoms with van der Waals surface area (Å²) in [6.45, 7) is 15.1. The average Bonchev–Trinajstić information content (AvgIpc) is 3.17. The van der Waals surface area contributed by atoms with Crippen LogP contribution in [0.25, 0.3) is 16.9 Å². The van der Waals surface area contributed by atoms with Gasteiger partial charge in [0.2, 0.25) is 0 Å². The summed E-state index contributed by atoms with van der Waals surface area (Å²) in [6.07, 6.45) is 0.900. The molecule has 1 aromatic heterocycles. The van der Waals surface area contributed by atoms with Crippen LogP contribution in [0.15, 0.2) is 60.7 Å². The molecular formula is C31H35N3O. The summed E-state index contributed by atoms with van der Waals surface area (Å²) in [5.41, 5.74) is 12.2. The third-order valence-corrected chi connectivity index (χ3v) is 7.24. The van der Waals surface area contributed by atoms with Crippen molar-refractivity contribution in [1.29, 1.82) is 0 Å². The van der Waals surface area contributed by atoms with Crippen LogP contribution < -0.4 is 4.90 Å². The second-order valence-corrected chi connectivity index (χ2v) is 10.9. The number of aromatic nitrogens is 2. The molecule has 0 saturated carbocycles. The third kappa shape index (κ3) is 4.22. The maximum absolute atomic E-state index is 9.95. The highest BCUT2D eigenvalue weighted by Gasteiger charge is 2.28. The van der Waals surface area contributed by atoms with Gasteiger partial charge in [-0.3, -0.25) is 0 Å². The molecule has 1 aliphatic rings. The van der Waals surface area contributed by atoms with Crippen LogP contribution in [-0.2, 0) is 18.4 Å². The van der Waals surface area contributed by atoms with E-state index in [9.17, 15) is 5.11 Å². The first-order chi connectivity index (χ1) is 16.6. The Labute approximate surface area is 208 Å². The molecule has 0 unspecified atom stereocenters. The Balaban J connectivity index is 1.67. The van der Waals surface area contributed by atoms with Crippen LogP contribution in [0, 0.1) is 20.8 Å². The van der Waals surface area contributed by atoms with Gasteiger partial charge in [-0.2, -0.15) is 5.10 Å². The first-order valence-electron chi connectivity index (χ1n) is 12.5. The number of aromatic hydroxyl groups is 1. The zero-order valence-corrected chi connectivity index (χ0v) is 21.7. The van der Waals surface area contributed by atoms with E-state index >= 15 is 0 Å². The molecule has 1 aliphatic heterocycles. The van der Waals surface area contributed by atoms with Crippen molar-refractivity contribution in [2.45, 2.75) is 59.9 Å². The van der Waals surface area contributed by atoms with E-state index in [4.69, 9.17) is 5.10 Å². The minimum atomic E-state index is 0.105. The highest BCUT2D eigenvalue weighted by molar-refractivity contribution is 5.71. The molecule has 0 spiro atoms. The second-order valence-electron chi connectivity index (χ2n) is 10.9. The van der Waals surface area contributed by atoms with Crippen molar-refractivity contribution in [3.05, 3.63) is 94.2 Å². The number of benzene rings is 3. The SMILES string of the molecule is Cc1ccc(C(C)(C)C)cc1N1CCc2nn(-c3c(C)cccc3C)c(-c3ccc(O)cc3)c2C1. The smallest absolute Gasteiger partial charge is 0.115 e. The molecule has 0 amide bonds. The van der Waals surface area contributed by atoms with Gasteiger partial charge < -0.3 is 10.0 Å². The molecule has 0 bridgehead atoms. The summed E-state index contributed by atoms with van der Waals surface area (Å²) in [4.78, 5) is 2.51. The molecular weight excluding hydrogens is 430 g/mol. The van der Waals surface area contributed by atoms with Crippen molar-refractivity contribution in [2.24, 2.45) is 0 Å². The van der Waals surface area contributed by atoms with Gasteiger partial charge in [-0.25, -0.2) is 4.68 Å². The lowest BCUT2D eigenvalue weighted by Gasteiger charge is -2.32. The van der Waals surface area contributed by atoms with Crippen molar-refractivity contribution >= 4 is 5.69 Å². The lowest BCUT2D eigenvalue weighted by atomic mass is 9.86. The van der Waals surface area contributed by atoms with Crippen LogP contribution >= 0.6 is 0 Å². The van der Waals surface area contributed by atoms with Crippen LogP contribution in [0.3, 0.4) is 0 Å². The van der Waals surface area contributed by atoms with E-state index in [1.807, 2.05) is 12.1 Å². The number of anilines is 1. The van der Waals surface area contributed by atoms with Crippen LogP contribution in [0.5, 0.6) is 5.75 Å². The quantitative estimate of drug-likeness (QED) is 0.353. The third-order valence-electron chi connectivity index (χ3n) is 7.24. The highest BCUT2D eigenvalue weighted by atomic mass is 16.3. The van der Waals surface area contributed by atoms with Gasteiger partial charge >= 0.3 is 0 Å². The van der Waals surface area contributed by atoms with E-state index in [1.54, 1.807) is 12.1 Å². The number of aryl methyl sites for hydroxylation is 3. The van der Waals surface area contributed by atoms with Crippen molar-refractivity contribution in [3.8, 4) is 22.7 Å². The fraction of sp³-hybridized carbons (Fsp3) is 0.323. The normalized spacial score (nSPS) is 13.7. The zero-order chi connectivity index (χ0) is 24.9. The van der Waals surface area contributed by atoms with E-state index in [1.165, 1.54) is 33.5 Å². The second kappa shape index (κ2) is 8.60. The number of para-hydroxylation sites is 1. The maximum Gasteiger partial charge on any atom is 0.115 e. The van der Waals surface area contributed by atoms with Crippen molar-refractivity contribution in [1.82, 2.24) is 9.78 Å². The summed E-state index contributed by atoms with van der Waals surface area (Å²) in [5, 5.41) is 15.1. The van der Waals surface area contributed by atoms with E-state index in [0.29, 0.717) is 0 Å². The average molecular weight is 466 g/mol. The molecule has 0 atom stereocenters. The van der Waals surface area contributed by atoms with Crippen molar-refractivity contribution < 1.29 is 5.11 Å². The number of phenolic OH excluding ortho intramolecular Hbond substituents is 1. The van der Waals surface area contributed by atoms with Crippen LogP contribution in [0.1, 0.15) is 54.3 Å². The highest BCUT2D eigenvalue weighted by Crippen LogP contribution is 2.38. The van der Waals surface area contributed by atoms with Gasteiger partial charge in [0.1, 0.15) is 5.75 Å². The van der Waals surface area contributed by atoms with Gasteiger partial charge in [0.15, 0.2) is 0 Å². The minimum absolute atomic E-state index is 0.105. The van der Waals surface area contributed by atoms with E-state index in [2.05, 4.69) is 87.5 Å². The Morgan fingerprint density at radius 3 is 2.20 bits per heavy atom. The summed E-state index contributed by atoms with van der Waals surface area (Å²) in [5.74, 6) is 0.275. The summed E-state index contributed by atoms with van der Waals surface area (Å²) >= 11 is 0. The Kier molecular flexibility index (Phi) is 5.71. The maximum atomic E-state index is 9.95. The lowest BCUT2D eigenvalue weighted by Crippen LogP contribution is -2.31. The van der Waals surface area contributed by atoms with Crippen molar-refractivity contribution in [2.75, 3.05) is 11.4 Å². The molecule has 0 saturated heterocycles. The molecule has 180 valence electrons. The molecule has 5 rings (SSSR count). The number of hydrogen-bond donors (Lipinski definition) is 1. The standard InChI is InChI=1S/C31H35N3O/c1-20-10-13-24(31(4,5)6)18-28(20)33-17-16-27-26(19-33)30(23-11-14-25(35)15-12-23)34(32-27)29-21(2)8-7-9-22(29)3/h7-15,18,35H,16-17,19H2,1-6H3. The van der Waals surface area contributed by atoms with Gasteiger partial charge in [0.05, 0.1) is 17.1 Å². The first kappa shape index (κ1) is 23.2. The number of hydrogen-bond acceptors (Lipinski definition) is 3. The van der Waals surface area contributed by atoms with E-state index in [0.717, 1.165) is 42.1 Å². The minimum Gasteiger partial charge on any atom is -0.508 e. The number of phenols is 1. The predicted octanol–water partition coefficient (Wildman–Crippen LogP) is 7.03. The molecule has 0 aliphatic carbocycles. The predicted molar refractivity (Wildman–Crippen MR) is 145 cm³/mol. The fourth-order valence-electron chi connectivity index (χ4n) is 5.21.